The zero-order valence-corrected chi connectivity index (χ0v) is 15.1. The average Bonchev–Trinajstić information content (AvgIpc) is 3.05. The third-order valence-electron chi connectivity index (χ3n) is 3.87. The Kier molecular flexibility index (Phi) is 6.27. The van der Waals surface area contributed by atoms with Gasteiger partial charge in [0.1, 0.15) is 18.7 Å². The van der Waals surface area contributed by atoms with Crippen LogP contribution < -0.4 is 10.6 Å². The van der Waals surface area contributed by atoms with Crippen molar-refractivity contribution in [2.75, 3.05) is 0 Å². The number of rotatable bonds is 7. The van der Waals surface area contributed by atoms with Crippen molar-refractivity contribution >= 4 is 11.8 Å². The van der Waals surface area contributed by atoms with Crippen molar-refractivity contribution in [3.05, 3.63) is 48.0 Å². The fourth-order valence-corrected chi connectivity index (χ4v) is 2.45. The van der Waals surface area contributed by atoms with E-state index in [2.05, 4.69) is 20.7 Å². The van der Waals surface area contributed by atoms with Gasteiger partial charge in [-0.15, -0.1) is 0 Å². The van der Waals surface area contributed by atoms with E-state index < -0.39 is 6.04 Å². The highest BCUT2D eigenvalue weighted by Gasteiger charge is 2.25. The molecule has 2 amide bonds. The minimum Gasteiger partial charge on any atom is -0.350 e. The molecule has 1 heterocycles. The topological polar surface area (TPSA) is 88.9 Å². The van der Waals surface area contributed by atoms with Gasteiger partial charge in [0, 0.05) is 11.6 Å². The molecule has 2 aromatic rings. The highest BCUT2D eigenvalue weighted by atomic mass is 16.2. The summed E-state index contributed by atoms with van der Waals surface area (Å²) in [6, 6.07) is 6.53. The van der Waals surface area contributed by atoms with Crippen LogP contribution >= 0.6 is 0 Å². The standard InChI is InChI=1S/C18H25N5O2/c1-12(2)16(22-17(24)15-7-5-13(3)6-8-15)18(25)21-14(4)9-23-11-19-10-20-23/h5-8,10-12,14,16H,9H2,1-4H3,(H,21,25)(H,22,24). The molecular weight excluding hydrogens is 318 g/mol. The lowest BCUT2D eigenvalue weighted by Gasteiger charge is -2.24. The van der Waals surface area contributed by atoms with Crippen molar-refractivity contribution in [1.29, 1.82) is 0 Å². The first-order valence-electron chi connectivity index (χ1n) is 8.37. The molecule has 0 saturated heterocycles. The van der Waals surface area contributed by atoms with Gasteiger partial charge in [-0.25, -0.2) is 4.98 Å². The fourth-order valence-electron chi connectivity index (χ4n) is 2.45. The molecule has 0 aliphatic carbocycles. The summed E-state index contributed by atoms with van der Waals surface area (Å²) in [5.41, 5.74) is 1.62. The molecule has 0 saturated carbocycles. The Morgan fingerprint density at radius 3 is 2.36 bits per heavy atom. The predicted octanol–water partition coefficient (Wildman–Crippen LogP) is 1.55. The fraction of sp³-hybridized carbons (Fsp3) is 0.444. The number of nitrogens with zero attached hydrogens (tertiary/aromatic N) is 3. The second-order valence-electron chi connectivity index (χ2n) is 6.59. The van der Waals surface area contributed by atoms with Crippen molar-refractivity contribution in [1.82, 2.24) is 25.4 Å². The minimum atomic E-state index is -0.605. The smallest absolute Gasteiger partial charge is 0.251 e. The highest BCUT2D eigenvalue weighted by molar-refractivity contribution is 5.97. The van der Waals surface area contributed by atoms with Crippen LogP contribution in [0.3, 0.4) is 0 Å². The lowest BCUT2D eigenvalue weighted by Crippen LogP contribution is -2.52. The number of hydrogen-bond acceptors (Lipinski definition) is 4. The number of benzene rings is 1. The third kappa shape index (κ3) is 5.41. The lowest BCUT2D eigenvalue weighted by atomic mass is 10.0. The van der Waals surface area contributed by atoms with E-state index in [1.807, 2.05) is 39.8 Å². The zero-order valence-electron chi connectivity index (χ0n) is 15.1. The predicted molar refractivity (Wildman–Crippen MR) is 94.9 cm³/mol. The summed E-state index contributed by atoms with van der Waals surface area (Å²) >= 11 is 0. The van der Waals surface area contributed by atoms with Crippen LogP contribution in [-0.4, -0.2) is 38.7 Å². The summed E-state index contributed by atoms with van der Waals surface area (Å²) in [5.74, 6) is -0.492. The second kappa shape index (κ2) is 8.41. The Morgan fingerprint density at radius 1 is 1.12 bits per heavy atom. The van der Waals surface area contributed by atoms with Crippen LogP contribution in [0.25, 0.3) is 0 Å². The van der Waals surface area contributed by atoms with E-state index in [0.29, 0.717) is 12.1 Å². The van der Waals surface area contributed by atoms with E-state index in [9.17, 15) is 9.59 Å². The number of aromatic nitrogens is 3. The van der Waals surface area contributed by atoms with Gasteiger partial charge in [-0.3, -0.25) is 14.3 Å². The Bertz CT molecular complexity index is 695. The molecule has 2 unspecified atom stereocenters. The molecular formula is C18H25N5O2. The quantitative estimate of drug-likeness (QED) is 0.798. The van der Waals surface area contributed by atoms with Gasteiger partial charge in [0.2, 0.25) is 5.91 Å². The molecule has 0 bridgehead atoms. The molecule has 0 aliphatic rings. The van der Waals surface area contributed by atoms with Crippen molar-refractivity contribution in [3.8, 4) is 0 Å². The summed E-state index contributed by atoms with van der Waals surface area (Å²) in [4.78, 5) is 28.9. The SMILES string of the molecule is Cc1ccc(C(=O)NC(C(=O)NC(C)Cn2cncn2)C(C)C)cc1. The Hall–Kier alpha value is -2.70. The monoisotopic (exact) mass is 343 g/mol. The summed E-state index contributed by atoms with van der Waals surface area (Å²) < 4.78 is 1.65. The van der Waals surface area contributed by atoms with E-state index in [1.54, 1.807) is 23.1 Å². The second-order valence-corrected chi connectivity index (χ2v) is 6.59. The molecule has 25 heavy (non-hydrogen) atoms. The van der Waals surface area contributed by atoms with Crippen molar-refractivity contribution in [2.45, 2.75) is 46.3 Å². The first kappa shape index (κ1) is 18.6. The highest BCUT2D eigenvalue weighted by Crippen LogP contribution is 2.07. The van der Waals surface area contributed by atoms with E-state index in [4.69, 9.17) is 0 Å². The molecule has 134 valence electrons. The molecule has 1 aromatic carbocycles. The van der Waals surface area contributed by atoms with Crippen molar-refractivity contribution in [3.63, 3.8) is 0 Å². The third-order valence-corrected chi connectivity index (χ3v) is 3.87. The van der Waals surface area contributed by atoms with Crippen LogP contribution in [0.5, 0.6) is 0 Å². The Morgan fingerprint density at radius 2 is 1.80 bits per heavy atom. The average molecular weight is 343 g/mol. The van der Waals surface area contributed by atoms with Gasteiger partial charge in [0.25, 0.3) is 5.91 Å². The molecule has 0 radical (unpaired) electrons. The summed E-state index contributed by atoms with van der Waals surface area (Å²) in [7, 11) is 0. The van der Waals surface area contributed by atoms with Gasteiger partial charge in [-0.05, 0) is 31.9 Å². The van der Waals surface area contributed by atoms with Gasteiger partial charge in [-0.2, -0.15) is 5.10 Å². The summed E-state index contributed by atoms with van der Waals surface area (Å²) in [6.07, 6.45) is 3.05. The molecule has 1 aromatic heterocycles. The van der Waals surface area contributed by atoms with Crippen molar-refractivity contribution in [2.24, 2.45) is 5.92 Å². The lowest BCUT2D eigenvalue weighted by molar-refractivity contribution is -0.124. The van der Waals surface area contributed by atoms with Gasteiger partial charge in [0.15, 0.2) is 0 Å². The zero-order chi connectivity index (χ0) is 18.4. The van der Waals surface area contributed by atoms with Gasteiger partial charge in [-0.1, -0.05) is 31.5 Å². The molecule has 7 nitrogen and oxygen atoms in total. The van der Waals surface area contributed by atoms with Gasteiger partial charge in [0.05, 0.1) is 6.54 Å². The van der Waals surface area contributed by atoms with E-state index >= 15 is 0 Å². The van der Waals surface area contributed by atoms with E-state index in [1.165, 1.54) is 6.33 Å². The normalized spacial score (nSPS) is 13.3. The molecule has 0 fully saturated rings. The van der Waals surface area contributed by atoms with Crippen molar-refractivity contribution < 1.29 is 9.59 Å². The molecule has 2 N–H and O–H groups in total. The first-order valence-corrected chi connectivity index (χ1v) is 8.37. The number of nitrogens with one attached hydrogen (secondary N) is 2. The van der Waals surface area contributed by atoms with E-state index in [0.717, 1.165) is 5.56 Å². The van der Waals surface area contributed by atoms with Crippen LogP contribution in [0.15, 0.2) is 36.9 Å². The van der Waals surface area contributed by atoms with Crippen LogP contribution in [0.1, 0.15) is 36.7 Å². The Labute approximate surface area is 147 Å². The molecule has 0 aliphatic heterocycles. The first-order chi connectivity index (χ1) is 11.9. The molecule has 2 atom stereocenters. The number of hydrogen-bond donors (Lipinski definition) is 2. The molecule has 2 rings (SSSR count). The maximum absolute atomic E-state index is 12.6. The largest absolute Gasteiger partial charge is 0.350 e. The molecule has 7 heteroatoms. The van der Waals surface area contributed by atoms with Crippen LogP contribution in [0, 0.1) is 12.8 Å². The van der Waals surface area contributed by atoms with E-state index in [-0.39, 0.29) is 23.8 Å². The number of amides is 2. The number of aryl methyl sites for hydroxylation is 1. The van der Waals surface area contributed by atoms with Gasteiger partial charge < -0.3 is 10.6 Å². The van der Waals surface area contributed by atoms with Crippen LogP contribution in [-0.2, 0) is 11.3 Å². The minimum absolute atomic E-state index is 0.0343. The number of carbonyl (C=O) groups excluding carboxylic acids is 2. The maximum atomic E-state index is 12.6. The van der Waals surface area contributed by atoms with Crippen LogP contribution in [0.2, 0.25) is 0 Å². The maximum Gasteiger partial charge on any atom is 0.251 e. The summed E-state index contributed by atoms with van der Waals surface area (Å²) in [6.45, 7) is 8.17. The van der Waals surface area contributed by atoms with Gasteiger partial charge >= 0.3 is 0 Å². The summed E-state index contributed by atoms with van der Waals surface area (Å²) in [5, 5.41) is 9.78. The molecule has 0 spiro atoms. The Balaban J connectivity index is 1.97. The number of carbonyl (C=O) groups is 2. The van der Waals surface area contributed by atoms with Crippen LogP contribution in [0.4, 0.5) is 0 Å².